The average molecular weight is 445 g/mol. The highest BCUT2D eigenvalue weighted by atomic mass is 32.1. The van der Waals surface area contributed by atoms with E-state index in [0.29, 0.717) is 10.4 Å². The molecule has 6 nitrogen and oxygen atoms in total. The second-order valence-corrected chi connectivity index (χ2v) is 7.52. The molecule has 0 saturated carbocycles. The van der Waals surface area contributed by atoms with Gasteiger partial charge in [-0.25, -0.2) is 9.36 Å². The van der Waals surface area contributed by atoms with Gasteiger partial charge in [-0.2, -0.15) is 13.2 Å². The third kappa shape index (κ3) is 4.15. The molecule has 0 spiro atoms. The van der Waals surface area contributed by atoms with Crippen molar-refractivity contribution in [2.75, 3.05) is 11.4 Å². The van der Waals surface area contributed by atoms with Crippen LogP contribution in [0, 0.1) is 0 Å². The Kier molecular flexibility index (Phi) is 5.24. The Morgan fingerprint density at radius 1 is 1.03 bits per heavy atom. The molecule has 0 bridgehead atoms. The third-order valence-corrected chi connectivity index (χ3v) is 5.42. The number of nitrogens with zero attached hydrogens (tertiary/aromatic N) is 2. The Morgan fingerprint density at radius 2 is 1.71 bits per heavy atom. The van der Waals surface area contributed by atoms with E-state index in [2.05, 4.69) is 4.98 Å². The Labute approximate surface area is 176 Å². The number of aromatic nitrogens is 2. The molecule has 10 heteroatoms. The van der Waals surface area contributed by atoms with Crippen LogP contribution in [-0.2, 0) is 0 Å². The molecule has 4 aromatic rings. The molecule has 0 aliphatic rings. The molecule has 1 N–H and O–H groups in total. The number of carbonyl (C=O) groups excluding carboxylic acids is 1. The summed E-state index contributed by atoms with van der Waals surface area (Å²) in [6.45, 7) is -1.47. The first-order valence-electron chi connectivity index (χ1n) is 9.01. The average Bonchev–Trinajstić information content (AvgIpc) is 3.21. The van der Waals surface area contributed by atoms with E-state index < -0.39 is 29.9 Å². The van der Waals surface area contributed by atoms with Crippen molar-refractivity contribution >= 4 is 33.8 Å². The van der Waals surface area contributed by atoms with E-state index in [1.54, 1.807) is 30.3 Å². The lowest BCUT2D eigenvalue weighted by molar-refractivity contribution is -0.118. The second-order valence-electron chi connectivity index (χ2n) is 6.63. The first-order valence-corrected chi connectivity index (χ1v) is 9.89. The van der Waals surface area contributed by atoms with Crippen molar-refractivity contribution in [1.82, 2.24) is 9.55 Å². The maximum atomic E-state index is 13.1. The molecule has 2 heterocycles. The largest absolute Gasteiger partial charge is 0.406 e. The zero-order valence-corrected chi connectivity index (χ0v) is 16.5. The lowest BCUT2D eigenvalue weighted by atomic mass is 10.2. The van der Waals surface area contributed by atoms with Gasteiger partial charge in [-0.15, -0.1) is 11.3 Å². The van der Waals surface area contributed by atoms with E-state index in [0.717, 1.165) is 15.9 Å². The molecular formula is C21H14F3N3O3S. The van der Waals surface area contributed by atoms with Crippen LogP contribution >= 0.6 is 11.3 Å². The van der Waals surface area contributed by atoms with Crippen molar-refractivity contribution in [1.29, 1.82) is 0 Å². The van der Waals surface area contributed by atoms with E-state index in [1.807, 2.05) is 0 Å². The SMILES string of the molecule is O=C(c1csc(-n2c(=O)[nH]c3ccccc3c2=O)c1)N(CC(F)(F)F)c1ccccc1. The maximum Gasteiger partial charge on any atom is 0.406 e. The number of alkyl halides is 3. The molecule has 0 fully saturated rings. The molecule has 158 valence electrons. The van der Waals surface area contributed by atoms with Gasteiger partial charge in [0, 0.05) is 11.1 Å². The van der Waals surface area contributed by atoms with Crippen LogP contribution in [0.15, 0.2) is 75.6 Å². The standard InChI is InChI=1S/C21H14F3N3O3S/c22-21(23,24)12-26(14-6-2-1-3-7-14)18(28)13-10-17(31-11-13)27-19(29)15-8-4-5-9-16(15)25-20(27)30/h1-11H,12H2,(H,25,30). The molecule has 2 aromatic carbocycles. The monoisotopic (exact) mass is 445 g/mol. The predicted octanol–water partition coefficient (Wildman–Crippen LogP) is 3.95. The smallest absolute Gasteiger partial charge is 0.306 e. The van der Waals surface area contributed by atoms with Gasteiger partial charge in [0.05, 0.1) is 16.5 Å². The lowest BCUT2D eigenvalue weighted by Gasteiger charge is -2.23. The third-order valence-electron chi connectivity index (χ3n) is 4.51. The normalized spacial score (nSPS) is 11.6. The van der Waals surface area contributed by atoms with E-state index in [1.165, 1.54) is 35.7 Å². The van der Waals surface area contributed by atoms with Gasteiger partial charge >= 0.3 is 11.9 Å². The Bertz CT molecular complexity index is 1370. The first kappa shape index (κ1) is 20.6. The number of thiophene rings is 1. The molecule has 0 aliphatic heterocycles. The van der Waals surface area contributed by atoms with Crippen molar-refractivity contribution in [3.63, 3.8) is 0 Å². The summed E-state index contributed by atoms with van der Waals surface area (Å²) in [5, 5.41) is 1.72. The molecule has 4 rings (SSSR count). The second kappa shape index (κ2) is 7.88. The quantitative estimate of drug-likeness (QED) is 0.517. The van der Waals surface area contributed by atoms with Crippen LogP contribution in [0.25, 0.3) is 15.9 Å². The van der Waals surface area contributed by atoms with Gasteiger partial charge in [-0.1, -0.05) is 30.3 Å². The summed E-state index contributed by atoms with van der Waals surface area (Å²) in [6.07, 6.45) is -4.61. The lowest BCUT2D eigenvalue weighted by Crippen LogP contribution is -2.39. The van der Waals surface area contributed by atoms with Crippen molar-refractivity contribution in [2.24, 2.45) is 0 Å². The summed E-state index contributed by atoms with van der Waals surface area (Å²) < 4.78 is 40.2. The van der Waals surface area contributed by atoms with Gasteiger partial charge < -0.3 is 4.98 Å². The topological polar surface area (TPSA) is 75.2 Å². The zero-order chi connectivity index (χ0) is 22.2. The molecule has 2 aromatic heterocycles. The number of H-pyrrole nitrogens is 1. The minimum atomic E-state index is -4.61. The summed E-state index contributed by atoms with van der Waals surface area (Å²) in [4.78, 5) is 41.3. The molecule has 0 aliphatic carbocycles. The van der Waals surface area contributed by atoms with Crippen molar-refractivity contribution in [2.45, 2.75) is 6.18 Å². The van der Waals surface area contributed by atoms with E-state index in [4.69, 9.17) is 0 Å². The highest BCUT2D eigenvalue weighted by Gasteiger charge is 2.34. The van der Waals surface area contributed by atoms with Crippen LogP contribution in [-0.4, -0.2) is 28.2 Å². The van der Waals surface area contributed by atoms with Gasteiger partial charge in [0.15, 0.2) is 0 Å². The minimum Gasteiger partial charge on any atom is -0.306 e. The number of hydrogen-bond acceptors (Lipinski definition) is 4. The number of para-hydroxylation sites is 2. The van der Waals surface area contributed by atoms with Crippen LogP contribution in [0.5, 0.6) is 0 Å². The van der Waals surface area contributed by atoms with Crippen LogP contribution in [0.3, 0.4) is 0 Å². The number of hydrogen-bond donors (Lipinski definition) is 1. The molecule has 0 atom stereocenters. The molecule has 1 amide bonds. The number of carbonyl (C=O) groups is 1. The van der Waals surface area contributed by atoms with Crippen molar-refractivity contribution in [3.05, 3.63) is 92.4 Å². The number of fused-ring (bicyclic) bond motifs is 1. The Balaban J connectivity index is 1.76. The van der Waals surface area contributed by atoms with Crippen LogP contribution in [0.1, 0.15) is 10.4 Å². The van der Waals surface area contributed by atoms with Gasteiger partial charge in [0.25, 0.3) is 11.5 Å². The van der Waals surface area contributed by atoms with Crippen LogP contribution in [0.2, 0.25) is 0 Å². The number of aromatic amines is 1. The van der Waals surface area contributed by atoms with E-state index in [9.17, 15) is 27.6 Å². The number of benzene rings is 2. The number of amides is 1. The van der Waals surface area contributed by atoms with Crippen molar-refractivity contribution < 1.29 is 18.0 Å². The van der Waals surface area contributed by atoms with Gasteiger partial charge in [0.2, 0.25) is 0 Å². The number of rotatable bonds is 4. The van der Waals surface area contributed by atoms with Gasteiger partial charge in [-0.3, -0.25) is 14.5 Å². The number of halogens is 3. The Morgan fingerprint density at radius 3 is 2.42 bits per heavy atom. The van der Waals surface area contributed by atoms with Gasteiger partial charge in [0.1, 0.15) is 11.5 Å². The van der Waals surface area contributed by atoms with Crippen molar-refractivity contribution in [3.8, 4) is 5.00 Å². The highest BCUT2D eigenvalue weighted by Crippen LogP contribution is 2.26. The number of nitrogens with one attached hydrogen (secondary N) is 1. The van der Waals surface area contributed by atoms with Gasteiger partial charge in [-0.05, 0) is 30.3 Å². The molecule has 0 radical (unpaired) electrons. The Hall–Kier alpha value is -3.66. The summed E-state index contributed by atoms with van der Waals surface area (Å²) in [5.41, 5.74) is -0.914. The first-order chi connectivity index (χ1) is 14.7. The fourth-order valence-corrected chi connectivity index (χ4v) is 4.02. The minimum absolute atomic E-state index is 0.0624. The summed E-state index contributed by atoms with van der Waals surface area (Å²) in [6, 6.07) is 15.2. The molecule has 0 unspecified atom stereocenters. The fourth-order valence-electron chi connectivity index (χ4n) is 3.14. The number of anilines is 1. The summed E-state index contributed by atoms with van der Waals surface area (Å²) in [7, 11) is 0. The highest BCUT2D eigenvalue weighted by molar-refractivity contribution is 7.12. The maximum absolute atomic E-state index is 13.1. The van der Waals surface area contributed by atoms with Crippen LogP contribution < -0.4 is 16.1 Å². The fraction of sp³-hybridized carbons (Fsp3) is 0.0952. The summed E-state index contributed by atoms with van der Waals surface area (Å²) in [5.74, 6) is -0.892. The zero-order valence-electron chi connectivity index (χ0n) is 15.7. The van der Waals surface area contributed by atoms with E-state index in [-0.39, 0.29) is 21.6 Å². The predicted molar refractivity (Wildman–Crippen MR) is 112 cm³/mol. The molecule has 0 saturated heterocycles. The van der Waals surface area contributed by atoms with Crippen LogP contribution in [0.4, 0.5) is 18.9 Å². The van der Waals surface area contributed by atoms with E-state index >= 15 is 0 Å². The molecular weight excluding hydrogens is 431 g/mol. The molecule has 31 heavy (non-hydrogen) atoms. The summed E-state index contributed by atoms with van der Waals surface area (Å²) >= 11 is 0.913.